The summed E-state index contributed by atoms with van der Waals surface area (Å²) in [6.45, 7) is 3.61. The van der Waals surface area contributed by atoms with E-state index in [-0.39, 0.29) is 18.4 Å². The first-order valence-electron chi connectivity index (χ1n) is 9.42. The minimum absolute atomic E-state index is 0.0302. The number of hydrogen-bond donors (Lipinski definition) is 0. The van der Waals surface area contributed by atoms with Crippen LogP contribution in [0.4, 0.5) is 0 Å². The molecule has 1 aromatic carbocycles. The van der Waals surface area contributed by atoms with E-state index in [1.165, 1.54) is 15.6 Å². The summed E-state index contributed by atoms with van der Waals surface area (Å²) in [5, 5.41) is 1.75. The molecule has 152 valence electrons. The van der Waals surface area contributed by atoms with Crippen LogP contribution in [-0.4, -0.2) is 50.3 Å². The molecule has 6 nitrogen and oxygen atoms in total. The van der Waals surface area contributed by atoms with Crippen LogP contribution in [0.5, 0.6) is 5.75 Å². The molecule has 1 aromatic heterocycles. The number of amides is 1. The Balaban J connectivity index is 1.68. The van der Waals surface area contributed by atoms with E-state index in [1.807, 2.05) is 31.2 Å². The summed E-state index contributed by atoms with van der Waals surface area (Å²) in [6.07, 6.45) is 1.39. The normalized spacial score (nSPS) is 18.0. The molecular formula is C20H26N2O4S2. The van der Waals surface area contributed by atoms with E-state index < -0.39 is 10.0 Å². The van der Waals surface area contributed by atoms with Crippen LogP contribution >= 0.6 is 11.3 Å². The van der Waals surface area contributed by atoms with Crippen LogP contribution in [0.25, 0.3) is 0 Å². The third-order valence-electron chi connectivity index (χ3n) is 4.88. The molecule has 2 aromatic rings. The van der Waals surface area contributed by atoms with Crippen molar-refractivity contribution < 1.29 is 17.9 Å². The van der Waals surface area contributed by atoms with Crippen molar-refractivity contribution in [2.75, 3.05) is 26.7 Å². The first-order valence-corrected chi connectivity index (χ1v) is 11.7. The lowest BCUT2D eigenvalue weighted by molar-refractivity contribution is -0.135. The number of ether oxygens (including phenoxy) is 1. The van der Waals surface area contributed by atoms with Gasteiger partial charge in [0.25, 0.3) is 10.0 Å². The van der Waals surface area contributed by atoms with Crippen molar-refractivity contribution in [3.63, 3.8) is 0 Å². The van der Waals surface area contributed by atoms with E-state index in [0.29, 0.717) is 36.7 Å². The largest absolute Gasteiger partial charge is 0.494 e. The number of carbonyl (C=O) groups excluding carboxylic acids is 1. The Labute approximate surface area is 170 Å². The van der Waals surface area contributed by atoms with Gasteiger partial charge in [-0.3, -0.25) is 4.79 Å². The molecule has 1 aliphatic rings. The standard InChI is InChI=1S/C20H26N2O4S2/c1-3-26-18-10-5-4-8-16(18)14-21(2)20(23)17-9-6-12-22(15-17)28(24,25)19-11-7-13-27-19/h4-5,7-8,10-11,13,17H,3,6,9,12,14-15H2,1-2H3. The summed E-state index contributed by atoms with van der Waals surface area (Å²) < 4.78 is 33.0. The van der Waals surface area contributed by atoms with Crippen LogP contribution in [0.2, 0.25) is 0 Å². The smallest absolute Gasteiger partial charge is 0.252 e. The highest BCUT2D eigenvalue weighted by atomic mass is 32.2. The molecule has 0 N–H and O–H groups in total. The van der Waals surface area contributed by atoms with Gasteiger partial charge in [-0.05, 0) is 37.3 Å². The van der Waals surface area contributed by atoms with Crippen LogP contribution in [0.3, 0.4) is 0 Å². The third-order valence-corrected chi connectivity index (χ3v) is 8.12. The van der Waals surface area contributed by atoms with Crippen LogP contribution in [-0.2, 0) is 21.4 Å². The van der Waals surface area contributed by atoms with Gasteiger partial charge >= 0.3 is 0 Å². The summed E-state index contributed by atoms with van der Waals surface area (Å²) in [7, 11) is -1.76. The second-order valence-electron chi connectivity index (χ2n) is 6.87. The number of para-hydroxylation sites is 1. The van der Waals surface area contributed by atoms with E-state index in [1.54, 1.807) is 29.5 Å². The molecule has 1 unspecified atom stereocenters. The van der Waals surface area contributed by atoms with Crippen molar-refractivity contribution >= 4 is 27.3 Å². The van der Waals surface area contributed by atoms with E-state index >= 15 is 0 Å². The van der Waals surface area contributed by atoms with Gasteiger partial charge in [0, 0.05) is 32.2 Å². The average Bonchev–Trinajstić information content (AvgIpc) is 3.25. The van der Waals surface area contributed by atoms with Gasteiger partial charge in [-0.2, -0.15) is 4.31 Å². The average molecular weight is 423 g/mol. The lowest BCUT2D eigenvalue weighted by Crippen LogP contribution is -2.45. The number of hydrogen-bond acceptors (Lipinski definition) is 5. The Morgan fingerprint density at radius 2 is 2.07 bits per heavy atom. The maximum Gasteiger partial charge on any atom is 0.252 e. The number of benzene rings is 1. The quantitative estimate of drug-likeness (QED) is 0.687. The van der Waals surface area contributed by atoms with Crippen molar-refractivity contribution in [3.05, 3.63) is 47.3 Å². The molecule has 2 heterocycles. The van der Waals surface area contributed by atoms with E-state index in [0.717, 1.165) is 11.3 Å². The van der Waals surface area contributed by atoms with Gasteiger partial charge in [0.05, 0.1) is 12.5 Å². The zero-order valence-electron chi connectivity index (χ0n) is 16.2. The SMILES string of the molecule is CCOc1ccccc1CN(C)C(=O)C1CCCN(S(=O)(=O)c2cccs2)C1. The molecule has 1 saturated heterocycles. The maximum absolute atomic E-state index is 13.0. The first-order chi connectivity index (χ1) is 13.4. The Bertz CT molecular complexity index is 897. The lowest BCUT2D eigenvalue weighted by atomic mass is 9.98. The molecule has 3 rings (SSSR count). The molecule has 0 radical (unpaired) electrons. The molecule has 0 saturated carbocycles. The minimum Gasteiger partial charge on any atom is -0.494 e. The van der Waals surface area contributed by atoms with Gasteiger partial charge in [0.1, 0.15) is 9.96 Å². The number of sulfonamides is 1. The van der Waals surface area contributed by atoms with E-state index in [2.05, 4.69) is 0 Å². The molecule has 0 aliphatic carbocycles. The van der Waals surface area contributed by atoms with Crippen molar-refractivity contribution in [2.45, 2.75) is 30.5 Å². The molecule has 1 atom stereocenters. The zero-order valence-corrected chi connectivity index (χ0v) is 17.8. The van der Waals surface area contributed by atoms with E-state index in [4.69, 9.17) is 4.74 Å². The van der Waals surface area contributed by atoms with Gasteiger partial charge in [0.2, 0.25) is 5.91 Å². The lowest BCUT2D eigenvalue weighted by Gasteiger charge is -2.33. The van der Waals surface area contributed by atoms with Crippen LogP contribution in [0.1, 0.15) is 25.3 Å². The summed E-state index contributed by atoms with van der Waals surface area (Å²) >= 11 is 1.21. The number of carbonyl (C=O) groups is 1. The Hall–Kier alpha value is -1.90. The fourth-order valence-electron chi connectivity index (χ4n) is 3.48. The van der Waals surface area contributed by atoms with Crippen molar-refractivity contribution in [1.29, 1.82) is 0 Å². The molecule has 8 heteroatoms. The van der Waals surface area contributed by atoms with Gasteiger partial charge in [-0.25, -0.2) is 8.42 Å². The van der Waals surface area contributed by atoms with Gasteiger partial charge in [-0.1, -0.05) is 24.3 Å². The summed E-state index contributed by atoms with van der Waals surface area (Å²) in [5.74, 6) is 0.417. The molecule has 28 heavy (non-hydrogen) atoms. The highest BCUT2D eigenvalue weighted by molar-refractivity contribution is 7.91. The Morgan fingerprint density at radius 3 is 2.79 bits per heavy atom. The predicted octanol–water partition coefficient (Wildman–Crippen LogP) is 3.21. The summed E-state index contributed by atoms with van der Waals surface area (Å²) in [4.78, 5) is 14.7. The Kier molecular flexibility index (Phi) is 6.74. The number of thiophene rings is 1. The fraction of sp³-hybridized carbons (Fsp3) is 0.450. The molecule has 1 aliphatic heterocycles. The zero-order chi connectivity index (χ0) is 20.1. The molecule has 1 amide bonds. The number of rotatable bonds is 7. The molecule has 0 spiro atoms. The minimum atomic E-state index is -3.52. The van der Waals surface area contributed by atoms with Crippen molar-refractivity contribution in [1.82, 2.24) is 9.21 Å². The van der Waals surface area contributed by atoms with Gasteiger partial charge in [0.15, 0.2) is 0 Å². The molecule has 1 fully saturated rings. The van der Waals surface area contributed by atoms with E-state index in [9.17, 15) is 13.2 Å². The number of piperidine rings is 1. The van der Waals surface area contributed by atoms with Crippen molar-refractivity contribution in [3.8, 4) is 5.75 Å². The van der Waals surface area contributed by atoms with Crippen LogP contribution in [0, 0.1) is 5.92 Å². The topological polar surface area (TPSA) is 66.9 Å². The second-order valence-corrected chi connectivity index (χ2v) is 9.98. The molecule has 0 bridgehead atoms. The first kappa shape index (κ1) is 20.8. The highest BCUT2D eigenvalue weighted by Gasteiger charge is 2.34. The highest BCUT2D eigenvalue weighted by Crippen LogP contribution is 2.28. The van der Waals surface area contributed by atoms with Crippen molar-refractivity contribution in [2.24, 2.45) is 5.92 Å². The van der Waals surface area contributed by atoms with Crippen LogP contribution < -0.4 is 4.74 Å². The summed E-state index contributed by atoms with van der Waals surface area (Å²) in [5.41, 5.74) is 0.944. The second kappa shape index (κ2) is 9.07. The predicted molar refractivity (Wildman–Crippen MR) is 110 cm³/mol. The monoisotopic (exact) mass is 422 g/mol. The fourth-order valence-corrected chi connectivity index (χ4v) is 6.14. The van der Waals surface area contributed by atoms with Gasteiger partial charge < -0.3 is 9.64 Å². The molecular weight excluding hydrogens is 396 g/mol. The maximum atomic E-state index is 13.0. The van der Waals surface area contributed by atoms with Crippen LogP contribution in [0.15, 0.2) is 46.0 Å². The Morgan fingerprint density at radius 1 is 1.29 bits per heavy atom. The van der Waals surface area contributed by atoms with Gasteiger partial charge in [-0.15, -0.1) is 11.3 Å². The summed E-state index contributed by atoms with van der Waals surface area (Å²) in [6, 6.07) is 11.0. The third kappa shape index (κ3) is 4.56. The number of nitrogens with zero attached hydrogens (tertiary/aromatic N) is 2.